The molecule has 0 spiro atoms. The average Bonchev–Trinajstić information content (AvgIpc) is 1.98. The lowest BCUT2D eigenvalue weighted by molar-refractivity contribution is -0.146. The highest BCUT2D eigenvalue weighted by atomic mass is 16.5. The quantitative estimate of drug-likeness (QED) is 0.621. The summed E-state index contributed by atoms with van der Waals surface area (Å²) in [6.45, 7) is 6.31. The van der Waals surface area contributed by atoms with Gasteiger partial charge in [-0.15, -0.1) is 0 Å². The third-order valence-corrected chi connectivity index (χ3v) is 1.30. The van der Waals surface area contributed by atoms with Crippen LogP contribution in [0.25, 0.3) is 0 Å². The van der Waals surface area contributed by atoms with Gasteiger partial charge in [0.25, 0.3) is 0 Å². The first-order valence-corrected chi connectivity index (χ1v) is 4.00. The normalized spacial score (nSPS) is 13.2. The highest BCUT2D eigenvalue weighted by Gasteiger charge is 2.12. The van der Waals surface area contributed by atoms with Gasteiger partial charge in [-0.3, -0.25) is 4.79 Å². The average molecular weight is 159 g/mol. The van der Waals surface area contributed by atoms with E-state index in [9.17, 15) is 4.79 Å². The lowest BCUT2D eigenvalue weighted by Crippen LogP contribution is -2.32. The molecule has 66 valence electrons. The van der Waals surface area contributed by atoms with Gasteiger partial charge in [0.15, 0.2) is 0 Å². The molecule has 0 rings (SSSR count). The summed E-state index contributed by atoms with van der Waals surface area (Å²) in [4.78, 5) is 10.9. The highest BCUT2D eigenvalue weighted by molar-refractivity contribution is 5.75. The summed E-state index contributed by atoms with van der Waals surface area (Å²) in [5.74, 6) is 0.0872. The lowest BCUT2D eigenvalue weighted by atomic mass is 10.2. The maximum Gasteiger partial charge on any atom is 0.322 e. The van der Waals surface area contributed by atoms with Crippen LogP contribution in [0, 0.1) is 5.92 Å². The van der Waals surface area contributed by atoms with Crippen molar-refractivity contribution < 1.29 is 9.53 Å². The van der Waals surface area contributed by atoms with Crippen molar-refractivity contribution in [3.63, 3.8) is 0 Å². The zero-order valence-corrected chi connectivity index (χ0v) is 7.46. The number of hydrogen-bond acceptors (Lipinski definition) is 3. The molecule has 0 saturated heterocycles. The first-order valence-electron chi connectivity index (χ1n) is 4.00. The van der Waals surface area contributed by atoms with Gasteiger partial charge in [-0.05, 0) is 12.3 Å². The molecule has 0 fully saturated rings. The van der Waals surface area contributed by atoms with E-state index < -0.39 is 6.04 Å². The second-order valence-electron chi connectivity index (χ2n) is 3.04. The molecule has 0 aromatic heterocycles. The van der Waals surface area contributed by atoms with E-state index in [4.69, 9.17) is 10.5 Å². The van der Waals surface area contributed by atoms with Gasteiger partial charge in [0.2, 0.25) is 0 Å². The summed E-state index contributed by atoms with van der Waals surface area (Å²) >= 11 is 0. The molecule has 2 N–H and O–H groups in total. The van der Waals surface area contributed by atoms with Gasteiger partial charge in [0.05, 0.1) is 6.61 Å². The molecule has 0 aliphatic carbocycles. The van der Waals surface area contributed by atoms with E-state index in [0.717, 1.165) is 0 Å². The van der Waals surface area contributed by atoms with Gasteiger partial charge in [0, 0.05) is 0 Å². The smallest absolute Gasteiger partial charge is 0.322 e. The second kappa shape index (κ2) is 5.13. The fourth-order valence-electron chi connectivity index (χ4n) is 0.523. The highest BCUT2D eigenvalue weighted by Crippen LogP contribution is 1.96. The lowest BCUT2D eigenvalue weighted by Gasteiger charge is -2.10. The summed E-state index contributed by atoms with van der Waals surface area (Å²) in [6, 6.07) is -0.450. The zero-order valence-electron chi connectivity index (χ0n) is 7.46. The van der Waals surface area contributed by atoms with Crippen molar-refractivity contribution in [1.29, 1.82) is 0 Å². The van der Waals surface area contributed by atoms with Crippen molar-refractivity contribution in [3.05, 3.63) is 0 Å². The predicted molar refractivity (Wildman–Crippen MR) is 44.1 cm³/mol. The first-order chi connectivity index (χ1) is 5.07. The Labute approximate surface area is 67.9 Å². The Morgan fingerprint density at radius 3 is 2.45 bits per heavy atom. The molecule has 0 saturated carbocycles. The first kappa shape index (κ1) is 10.4. The minimum Gasteiger partial charge on any atom is -0.464 e. The number of nitrogens with two attached hydrogens (primary N) is 1. The Balaban J connectivity index is 3.52. The van der Waals surface area contributed by atoms with Crippen LogP contribution in [-0.4, -0.2) is 18.6 Å². The van der Waals surface area contributed by atoms with Crippen molar-refractivity contribution in [3.8, 4) is 0 Å². The SMILES string of the molecule is CC[C@H](N)C(=O)OCC(C)C. The Bertz CT molecular complexity index is 123. The molecule has 0 aromatic carbocycles. The van der Waals surface area contributed by atoms with Crippen molar-refractivity contribution in [2.24, 2.45) is 11.7 Å². The number of hydrogen-bond donors (Lipinski definition) is 1. The summed E-state index contributed by atoms with van der Waals surface area (Å²) in [5.41, 5.74) is 5.43. The van der Waals surface area contributed by atoms with E-state index in [-0.39, 0.29) is 5.97 Å². The Kier molecular flexibility index (Phi) is 4.86. The van der Waals surface area contributed by atoms with E-state index in [2.05, 4.69) is 0 Å². The maximum atomic E-state index is 10.9. The molecule has 3 nitrogen and oxygen atoms in total. The maximum absolute atomic E-state index is 10.9. The molecule has 0 heterocycles. The fourth-order valence-corrected chi connectivity index (χ4v) is 0.523. The molecule has 1 atom stereocenters. The van der Waals surface area contributed by atoms with Crippen LogP contribution in [0.4, 0.5) is 0 Å². The predicted octanol–water partition coefficient (Wildman–Crippen LogP) is 0.923. The number of esters is 1. The van der Waals surface area contributed by atoms with Gasteiger partial charge in [-0.2, -0.15) is 0 Å². The largest absolute Gasteiger partial charge is 0.464 e. The number of ether oxygens (including phenoxy) is 1. The molecule has 0 aliphatic heterocycles. The monoisotopic (exact) mass is 159 g/mol. The molecule has 11 heavy (non-hydrogen) atoms. The van der Waals surface area contributed by atoms with E-state index in [1.807, 2.05) is 20.8 Å². The third-order valence-electron chi connectivity index (χ3n) is 1.30. The summed E-state index contributed by atoms with van der Waals surface area (Å²) in [7, 11) is 0. The Hall–Kier alpha value is -0.570. The van der Waals surface area contributed by atoms with Crippen LogP contribution >= 0.6 is 0 Å². The molecule has 3 heteroatoms. The van der Waals surface area contributed by atoms with Gasteiger partial charge in [-0.25, -0.2) is 0 Å². The summed E-state index contributed by atoms with van der Waals surface area (Å²) < 4.78 is 4.89. The van der Waals surface area contributed by atoms with Crippen molar-refractivity contribution >= 4 is 5.97 Å². The van der Waals surface area contributed by atoms with Crippen molar-refractivity contribution in [2.75, 3.05) is 6.61 Å². The van der Waals surface area contributed by atoms with Crippen LogP contribution in [0.5, 0.6) is 0 Å². The fraction of sp³-hybridized carbons (Fsp3) is 0.875. The van der Waals surface area contributed by atoms with E-state index in [0.29, 0.717) is 18.9 Å². The van der Waals surface area contributed by atoms with E-state index >= 15 is 0 Å². The molecule has 0 amide bonds. The summed E-state index contributed by atoms with van der Waals surface area (Å²) in [6.07, 6.45) is 0.636. The van der Waals surface area contributed by atoms with Gasteiger partial charge in [-0.1, -0.05) is 20.8 Å². The standard InChI is InChI=1S/C8H17NO2/c1-4-7(9)8(10)11-5-6(2)3/h6-7H,4-5,9H2,1-3H3/t7-/m0/s1. The summed E-state index contributed by atoms with van der Waals surface area (Å²) in [5, 5.41) is 0. The second-order valence-corrected chi connectivity index (χ2v) is 3.04. The van der Waals surface area contributed by atoms with Crippen LogP contribution < -0.4 is 5.73 Å². The van der Waals surface area contributed by atoms with Crippen LogP contribution in [0.3, 0.4) is 0 Å². The van der Waals surface area contributed by atoms with Crippen molar-refractivity contribution in [1.82, 2.24) is 0 Å². The van der Waals surface area contributed by atoms with E-state index in [1.165, 1.54) is 0 Å². The van der Waals surface area contributed by atoms with Crippen LogP contribution in [0.2, 0.25) is 0 Å². The van der Waals surface area contributed by atoms with Crippen molar-refractivity contribution in [2.45, 2.75) is 33.2 Å². The minimum atomic E-state index is -0.450. The molecule has 0 aliphatic rings. The topological polar surface area (TPSA) is 52.3 Å². The van der Waals surface area contributed by atoms with Crippen LogP contribution in [0.15, 0.2) is 0 Å². The zero-order chi connectivity index (χ0) is 8.85. The molecular weight excluding hydrogens is 142 g/mol. The minimum absolute atomic E-state index is 0.291. The molecule has 0 radical (unpaired) electrons. The Morgan fingerprint density at radius 1 is 1.55 bits per heavy atom. The number of rotatable bonds is 4. The third kappa shape index (κ3) is 4.79. The van der Waals surface area contributed by atoms with E-state index in [1.54, 1.807) is 0 Å². The van der Waals surface area contributed by atoms with Crippen LogP contribution in [0.1, 0.15) is 27.2 Å². The molecule has 0 bridgehead atoms. The molecule has 0 unspecified atom stereocenters. The van der Waals surface area contributed by atoms with Gasteiger partial charge >= 0.3 is 5.97 Å². The molecule has 0 aromatic rings. The number of carbonyl (C=O) groups excluding carboxylic acids is 1. The van der Waals surface area contributed by atoms with Gasteiger partial charge in [0.1, 0.15) is 6.04 Å². The molecular formula is C8H17NO2. The van der Waals surface area contributed by atoms with Gasteiger partial charge < -0.3 is 10.5 Å². The Morgan fingerprint density at radius 2 is 2.09 bits per heavy atom. The number of carbonyl (C=O) groups is 1. The van der Waals surface area contributed by atoms with Crippen LogP contribution in [-0.2, 0) is 9.53 Å².